The Morgan fingerprint density at radius 1 is 1.00 bits per heavy atom. The summed E-state index contributed by atoms with van der Waals surface area (Å²) in [5.74, 6) is 0. The molecule has 6 N–H and O–H groups in total. The average Bonchev–Trinajstić information content (AvgIpc) is 3.18. The van der Waals surface area contributed by atoms with Gasteiger partial charge in [0, 0.05) is 44.9 Å². The Hall–Kier alpha value is -1.03. The number of aromatic nitrogens is 2. The molecule has 1 fully saturated rings. The highest BCUT2D eigenvalue weighted by Gasteiger charge is 2.08. The van der Waals surface area contributed by atoms with E-state index in [4.69, 9.17) is 21.9 Å². The zero-order valence-corrected chi connectivity index (χ0v) is 16.9. The Morgan fingerprint density at radius 3 is 2.08 bits per heavy atom. The van der Waals surface area contributed by atoms with Gasteiger partial charge in [0.15, 0.2) is 0 Å². The number of hydrogen-bond donors (Lipinski definition) is 3. The maximum absolute atomic E-state index is 5.39. The number of rotatable bonds is 9. The quantitative estimate of drug-likeness (QED) is 0.592. The highest BCUT2D eigenvalue weighted by Crippen LogP contribution is 1.96. The summed E-state index contributed by atoms with van der Waals surface area (Å²) in [6.07, 6.45) is 8.76. The van der Waals surface area contributed by atoms with Gasteiger partial charge in [-0.3, -0.25) is 4.90 Å². The van der Waals surface area contributed by atoms with Gasteiger partial charge in [0.2, 0.25) is 0 Å². The Kier molecular flexibility index (Phi) is 18.0. The zero-order chi connectivity index (χ0) is 19.5. The Morgan fingerprint density at radius 2 is 1.62 bits per heavy atom. The van der Waals surface area contributed by atoms with Crippen molar-refractivity contribution in [1.82, 2.24) is 19.4 Å². The summed E-state index contributed by atoms with van der Waals surface area (Å²) in [6, 6.07) is 0. The first-order chi connectivity index (χ1) is 12.6. The van der Waals surface area contributed by atoms with E-state index < -0.39 is 0 Å². The Balaban J connectivity index is -0.0000000300. The Labute approximate surface area is 173 Å². The van der Waals surface area contributed by atoms with Crippen LogP contribution in [-0.4, -0.2) is 92.5 Å². The molecule has 1 aliphatic heterocycles. The maximum Gasteiger partial charge on any atom is 0.0945 e. The zero-order valence-electron chi connectivity index (χ0n) is 16.9. The molecule has 0 saturated carbocycles. The molecule has 8 heteroatoms. The molecule has 0 atom stereocenters. The third-order valence-electron chi connectivity index (χ3n) is 3.77. The second-order valence-corrected chi connectivity index (χ2v) is 6.48. The van der Waals surface area contributed by atoms with Crippen LogP contribution in [0.1, 0.15) is 32.1 Å². The summed E-state index contributed by atoms with van der Waals surface area (Å²) in [7, 11) is 4.10. The van der Waals surface area contributed by atoms with Gasteiger partial charge in [-0.2, -0.15) is 0 Å². The van der Waals surface area contributed by atoms with Crippen LogP contribution >= 0.6 is 0 Å². The molecule has 0 unspecified atom stereocenters. The number of imidazole rings is 1. The highest BCUT2D eigenvalue weighted by molar-refractivity contribution is 4.73. The number of morpholine rings is 1. The summed E-state index contributed by atoms with van der Waals surface area (Å²) in [4.78, 5) is 8.43. The fourth-order valence-electron chi connectivity index (χ4n) is 2.24. The predicted molar refractivity (Wildman–Crippen MR) is 128 cm³/mol. The number of hydrogen-bond acceptors (Lipinski definition) is 7. The molecule has 0 amide bonds. The van der Waals surface area contributed by atoms with E-state index in [-0.39, 0.29) is 12.8 Å². The van der Waals surface area contributed by atoms with E-state index in [2.05, 4.69) is 28.9 Å². The van der Waals surface area contributed by atoms with Crippen molar-refractivity contribution < 1.29 is 17.6 Å². The summed E-state index contributed by atoms with van der Waals surface area (Å²) in [5.41, 5.74) is 15.9. The third kappa shape index (κ3) is 16.4. The van der Waals surface area contributed by atoms with Crippen molar-refractivity contribution in [2.24, 2.45) is 17.2 Å². The summed E-state index contributed by atoms with van der Waals surface area (Å²) >= 11 is 0. The molecule has 0 radical (unpaired) electrons. The van der Waals surface area contributed by atoms with Crippen molar-refractivity contribution in [3.05, 3.63) is 18.7 Å². The van der Waals surface area contributed by atoms with Gasteiger partial charge < -0.3 is 31.4 Å². The van der Waals surface area contributed by atoms with Crippen molar-refractivity contribution in [3.63, 3.8) is 0 Å². The van der Waals surface area contributed by atoms with E-state index in [9.17, 15) is 0 Å². The van der Waals surface area contributed by atoms with E-state index >= 15 is 0 Å². The number of aryl methyl sites for hydroxylation is 1. The molecule has 1 aromatic heterocycles. The van der Waals surface area contributed by atoms with Crippen LogP contribution in [-0.2, 0) is 11.3 Å². The van der Waals surface area contributed by atoms with E-state index in [1.54, 1.807) is 12.5 Å². The topological polar surface area (TPSA) is 112 Å². The molecule has 1 saturated heterocycles. The summed E-state index contributed by atoms with van der Waals surface area (Å²) < 4.78 is 7.23. The molecule has 26 heavy (non-hydrogen) atoms. The van der Waals surface area contributed by atoms with Crippen molar-refractivity contribution in [2.45, 2.75) is 25.8 Å². The summed E-state index contributed by atoms with van der Waals surface area (Å²) in [5, 5.41) is 0. The molecule has 0 aliphatic carbocycles. The van der Waals surface area contributed by atoms with Crippen LogP contribution in [0.25, 0.3) is 0 Å². The van der Waals surface area contributed by atoms with Crippen molar-refractivity contribution in [3.8, 4) is 0 Å². The summed E-state index contributed by atoms with van der Waals surface area (Å²) in [6.45, 7) is 9.54. The van der Waals surface area contributed by atoms with Gasteiger partial charge in [0.05, 0.1) is 19.5 Å². The third-order valence-corrected chi connectivity index (χ3v) is 3.77. The minimum absolute atomic E-state index is 0. The van der Waals surface area contributed by atoms with Crippen LogP contribution in [0.5, 0.6) is 0 Å². The van der Waals surface area contributed by atoms with Crippen molar-refractivity contribution in [1.29, 1.82) is 0 Å². The van der Waals surface area contributed by atoms with E-state index in [1.165, 1.54) is 0 Å². The molecule has 1 aromatic rings. The molecular formula is C18H59N7O. The lowest BCUT2D eigenvalue weighted by Gasteiger charge is -2.26. The van der Waals surface area contributed by atoms with E-state index in [1.807, 2.05) is 10.8 Å². The number of nitrogens with zero attached hydrogens (tertiary/aromatic N) is 4. The molecule has 0 aromatic carbocycles. The number of nitrogens with two attached hydrogens (primary N) is 3. The fraction of sp³-hybridized carbons (Fsp3) is 0.833. The lowest BCUT2D eigenvalue weighted by molar-refractivity contribution is 0.0377. The standard InChI is InChI=1S/C7H16N2O.C6H11N3.C5H14N2.9H2/c8-2-1-3-9-4-6-10-7-5-9;7-2-1-4-9-5-3-8-6-9;1-7(2)5-3-4-6;;;;;;;;;/h1-8H2;3,5-6H,1-2,4,7H2;3-6H2,1-2H3;9*1H. The first-order valence-electron chi connectivity index (χ1n) is 9.64. The van der Waals surface area contributed by atoms with Crippen molar-refractivity contribution >= 4 is 0 Å². The van der Waals surface area contributed by atoms with Gasteiger partial charge in [-0.1, -0.05) is 0 Å². The molecule has 2 rings (SSSR count). The maximum atomic E-state index is 5.39. The van der Waals surface area contributed by atoms with Gasteiger partial charge in [0.25, 0.3) is 0 Å². The highest BCUT2D eigenvalue weighted by atomic mass is 16.5. The average molecular weight is 390 g/mol. The van der Waals surface area contributed by atoms with Gasteiger partial charge in [-0.25, -0.2) is 4.98 Å². The molecule has 0 bridgehead atoms. The van der Waals surface area contributed by atoms with Crippen LogP contribution in [0.3, 0.4) is 0 Å². The van der Waals surface area contributed by atoms with Gasteiger partial charge >= 0.3 is 0 Å². The van der Waals surface area contributed by atoms with E-state index in [0.29, 0.717) is 0 Å². The molecule has 2 heterocycles. The van der Waals surface area contributed by atoms with Gasteiger partial charge in [0.1, 0.15) is 0 Å². The molecule has 8 nitrogen and oxygen atoms in total. The molecule has 1 aliphatic rings. The molecule has 0 spiro atoms. The van der Waals surface area contributed by atoms with Crippen LogP contribution in [0.15, 0.2) is 18.7 Å². The van der Waals surface area contributed by atoms with Gasteiger partial charge in [-0.15, -0.1) is 0 Å². The minimum atomic E-state index is 0. The van der Waals surface area contributed by atoms with Crippen molar-refractivity contribution in [2.75, 3.05) is 73.1 Å². The molecular weight excluding hydrogens is 330 g/mol. The fourth-order valence-corrected chi connectivity index (χ4v) is 2.24. The first-order valence-corrected chi connectivity index (χ1v) is 9.64. The lowest BCUT2D eigenvalue weighted by atomic mass is 10.3. The van der Waals surface area contributed by atoms with E-state index in [0.717, 1.165) is 84.8 Å². The molecule has 172 valence electrons. The Bertz CT molecular complexity index is 396. The van der Waals surface area contributed by atoms with Gasteiger partial charge in [-0.05, 0) is 66.1 Å². The minimum Gasteiger partial charge on any atom is -0.379 e. The second kappa shape index (κ2) is 18.8. The smallest absolute Gasteiger partial charge is 0.0945 e. The normalized spacial score (nSPS) is 14.4. The SMILES string of the molecule is CN(C)CCCN.NCCCN1CCOCC1.NCCCn1ccnc1.[HH].[HH].[HH].[HH].[HH].[HH].[HH].[HH].[HH]. The van der Waals surface area contributed by atoms with Crippen LogP contribution in [0, 0.1) is 0 Å². The lowest BCUT2D eigenvalue weighted by Crippen LogP contribution is -2.37. The number of ether oxygens (including phenoxy) is 1. The van der Waals surface area contributed by atoms with Crippen LogP contribution < -0.4 is 17.2 Å². The largest absolute Gasteiger partial charge is 0.379 e. The predicted octanol–water partition coefficient (Wildman–Crippen LogP) is 2.01. The monoisotopic (exact) mass is 389 g/mol. The van der Waals surface area contributed by atoms with Crippen LogP contribution in [0.4, 0.5) is 0 Å². The second-order valence-electron chi connectivity index (χ2n) is 6.48. The van der Waals surface area contributed by atoms with Crippen LogP contribution in [0.2, 0.25) is 0 Å². The first kappa shape index (κ1) is 25.0.